The Morgan fingerprint density at radius 1 is 1.67 bits per heavy atom. The van der Waals surface area contributed by atoms with Gasteiger partial charge in [-0.15, -0.1) is 0 Å². The summed E-state index contributed by atoms with van der Waals surface area (Å²) in [6.07, 6.45) is 6.32. The highest BCUT2D eigenvalue weighted by Gasteiger charge is 2.26. The third-order valence-electron chi connectivity index (χ3n) is 1.93. The van der Waals surface area contributed by atoms with Gasteiger partial charge in [-0.2, -0.15) is 0 Å². The molecular formula is C9H13BO2. The number of hydrogen-bond donors (Lipinski definition) is 1. The van der Waals surface area contributed by atoms with Gasteiger partial charge in [0.25, 0.3) is 0 Å². The van der Waals surface area contributed by atoms with E-state index in [2.05, 4.69) is 6.58 Å². The summed E-state index contributed by atoms with van der Waals surface area (Å²) in [7, 11) is -0.775. The maximum absolute atomic E-state index is 9.42. The second-order valence-electron chi connectivity index (χ2n) is 2.64. The van der Waals surface area contributed by atoms with Crippen LogP contribution in [0, 0.1) is 0 Å². The van der Waals surface area contributed by atoms with E-state index in [9.17, 15) is 5.02 Å². The molecule has 0 aromatic rings. The smallest absolute Gasteiger partial charge is 0.423 e. The molecule has 0 bridgehead atoms. The van der Waals surface area contributed by atoms with Gasteiger partial charge in [-0.1, -0.05) is 30.4 Å². The summed E-state index contributed by atoms with van der Waals surface area (Å²) >= 11 is 0. The molecule has 0 saturated carbocycles. The molecule has 0 aliphatic carbocycles. The molecule has 0 radical (unpaired) electrons. The predicted octanol–water partition coefficient (Wildman–Crippen LogP) is 1.49. The minimum absolute atomic E-state index is 0.593. The van der Waals surface area contributed by atoms with Crippen molar-refractivity contribution in [3.05, 3.63) is 35.9 Å². The highest BCUT2D eigenvalue weighted by molar-refractivity contribution is 6.54. The maximum atomic E-state index is 9.42. The van der Waals surface area contributed by atoms with E-state index in [4.69, 9.17) is 4.65 Å². The van der Waals surface area contributed by atoms with Crippen molar-refractivity contribution in [2.75, 3.05) is 6.61 Å². The molecule has 1 fully saturated rings. The van der Waals surface area contributed by atoms with E-state index >= 15 is 0 Å². The molecule has 0 unspecified atom stereocenters. The fourth-order valence-corrected chi connectivity index (χ4v) is 1.30. The van der Waals surface area contributed by atoms with Crippen LogP contribution in [0.1, 0.15) is 13.3 Å². The molecule has 64 valence electrons. The van der Waals surface area contributed by atoms with E-state index < -0.39 is 7.12 Å². The van der Waals surface area contributed by atoms with Gasteiger partial charge in [0, 0.05) is 6.61 Å². The molecular weight excluding hydrogens is 151 g/mol. The van der Waals surface area contributed by atoms with E-state index in [1.165, 1.54) is 0 Å². The second-order valence-corrected chi connectivity index (χ2v) is 2.64. The van der Waals surface area contributed by atoms with Crippen LogP contribution in [0.3, 0.4) is 0 Å². The van der Waals surface area contributed by atoms with E-state index in [1.807, 2.05) is 13.0 Å². The summed E-state index contributed by atoms with van der Waals surface area (Å²) in [5.74, 6) is 0. The van der Waals surface area contributed by atoms with Gasteiger partial charge < -0.3 is 9.68 Å². The predicted molar refractivity (Wildman–Crippen MR) is 50.6 cm³/mol. The summed E-state index contributed by atoms with van der Waals surface area (Å²) in [4.78, 5) is 0. The summed E-state index contributed by atoms with van der Waals surface area (Å²) in [6.45, 7) is 6.14. The average molecular weight is 164 g/mol. The van der Waals surface area contributed by atoms with Gasteiger partial charge >= 0.3 is 7.12 Å². The maximum Gasteiger partial charge on any atom is 0.491 e. The summed E-state index contributed by atoms with van der Waals surface area (Å²) in [6, 6.07) is 0. The molecule has 1 aliphatic rings. The Morgan fingerprint density at radius 3 is 3.00 bits per heavy atom. The molecule has 3 heteroatoms. The van der Waals surface area contributed by atoms with Crippen molar-refractivity contribution < 1.29 is 9.68 Å². The van der Waals surface area contributed by atoms with Crippen LogP contribution in [0.5, 0.6) is 0 Å². The van der Waals surface area contributed by atoms with Crippen molar-refractivity contribution in [3.63, 3.8) is 0 Å². The molecule has 0 amide bonds. The zero-order chi connectivity index (χ0) is 8.97. The zero-order valence-electron chi connectivity index (χ0n) is 7.29. The Kier molecular flexibility index (Phi) is 3.32. The lowest BCUT2D eigenvalue weighted by molar-refractivity contribution is 0.259. The monoisotopic (exact) mass is 164 g/mol. The van der Waals surface area contributed by atoms with E-state index in [0.29, 0.717) is 6.61 Å². The fraction of sp³-hybridized carbons (Fsp3) is 0.333. The van der Waals surface area contributed by atoms with Crippen molar-refractivity contribution >= 4 is 7.12 Å². The Labute approximate surface area is 73.4 Å². The number of allylic oxidation sites excluding steroid dienone is 4. The van der Waals surface area contributed by atoms with E-state index in [-0.39, 0.29) is 0 Å². The molecule has 0 atom stereocenters. The van der Waals surface area contributed by atoms with Crippen LogP contribution in [-0.2, 0) is 4.65 Å². The second kappa shape index (κ2) is 4.29. The Hall–Kier alpha value is -0.795. The minimum atomic E-state index is -0.775. The lowest BCUT2D eigenvalue weighted by atomic mass is 9.71. The van der Waals surface area contributed by atoms with Crippen LogP contribution in [0.4, 0.5) is 0 Å². The van der Waals surface area contributed by atoms with Gasteiger partial charge in [-0.25, -0.2) is 0 Å². The van der Waals surface area contributed by atoms with Crippen LogP contribution in [-0.4, -0.2) is 18.7 Å². The minimum Gasteiger partial charge on any atom is -0.423 e. The van der Waals surface area contributed by atoms with E-state index in [1.54, 1.807) is 12.2 Å². The summed E-state index contributed by atoms with van der Waals surface area (Å²) in [5.41, 5.74) is 1.98. The SMILES string of the molecule is C=C/C=C1/B(O)OCC/C1=C/C. The molecule has 1 N–H and O–H groups in total. The van der Waals surface area contributed by atoms with Crippen LogP contribution < -0.4 is 0 Å². The quantitative estimate of drug-likeness (QED) is 0.594. The van der Waals surface area contributed by atoms with Crippen molar-refractivity contribution in [1.29, 1.82) is 0 Å². The third-order valence-corrected chi connectivity index (χ3v) is 1.93. The Morgan fingerprint density at radius 2 is 2.42 bits per heavy atom. The molecule has 12 heavy (non-hydrogen) atoms. The van der Waals surface area contributed by atoms with Crippen molar-refractivity contribution in [2.45, 2.75) is 13.3 Å². The first-order valence-electron chi connectivity index (χ1n) is 4.07. The molecule has 1 rings (SSSR count). The van der Waals surface area contributed by atoms with Crippen LogP contribution in [0.25, 0.3) is 0 Å². The van der Waals surface area contributed by atoms with Gasteiger partial charge in [0.2, 0.25) is 0 Å². The molecule has 1 saturated heterocycles. The normalized spacial score (nSPS) is 25.0. The van der Waals surface area contributed by atoms with Crippen molar-refractivity contribution in [1.82, 2.24) is 0 Å². The van der Waals surface area contributed by atoms with E-state index in [0.717, 1.165) is 17.5 Å². The molecule has 0 aromatic carbocycles. The fourth-order valence-electron chi connectivity index (χ4n) is 1.30. The van der Waals surface area contributed by atoms with Gasteiger partial charge in [0.1, 0.15) is 0 Å². The largest absolute Gasteiger partial charge is 0.491 e. The molecule has 2 nitrogen and oxygen atoms in total. The van der Waals surface area contributed by atoms with Gasteiger partial charge in [0.15, 0.2) is 0 Å². The summed E-state index contributed by atoms with van der Waals surface area (Å²) in [5, 5.41) is 9.42. The lowest BCUT2D eigenvalue weighted by Gasteiger charge is -2.20. The highest BCUT2D eigenvalue weighted by atomic mass is 16.5. The third kappa shape index (κ3) is 1.87. The number of hydrogen-bond acceptors (Lipinski definition) is 2. The van der Waals surface area contributed by atoms with Crippen LogP contribution in [0.15, 0.2) is 35.9 Å². The Balaban J connectivity index is 2.87. The van der Waals surface area contributed by atoms with Gasteiger partial charge in [-0.05, 0) is 18.8 Å². The molecule has 1 aliphatic heterocycles. The van der Waals surface area contributed by atoms with Crippen LogP contribution >= 0.6 is 0 Å². The average Bonchev–Trinajstić information content (AvgIpc) is 2.09. The van der Waals surface area contributed by atoms with Crippen LogP contribution in [0.2, 0.25) is 0 Å². The first kappa shape index (κ1) is 9.29. The summed E-state index contributed by atoms with van der Waals surface area (Å²) < 4.78 is 5.07. The van der Waals surface area contributed by atoms with Crippen molar-refractivity contribution in [3.8, 4) is 0 Å². The number of rotatable bonds is 1. The van der Waals surface area contributed by atoms with Gasteiger partial charge in [-0.3, -0.25) is 0 Å². The standard InChI is InChI=1S/C9H13BO2/c1-3-5-9-8(4-2)6-7-12-10(9)11/h3-5,11H,1,6-7H2,2H3/b8-4-,9-5+. The lowest BCUT2D eigenvalue weighted by Crippen LogP contribution is -2.28. The van der Waals surface area contributed by atoms with Gasteiger partial charge in [0.05, 0.1) is 0 Å². The molecule has 0 spiro atoms. The molecule has 1 heterocycles. The first-order chi connectivity index (χ1) is 5.79. The molecule has 0 aromatic heterocycles. The Bertz CT molecular complexity index is 231. The topological polar surface area (TPSA) is 29.5 Å². The first-order valence-corrected chi connectivity index (χ1v) is 4.07. The highest BCUT2D eigenvalue weighted by Crippen LogP contribution is 2.21. The zero-order valence-corrected chi connectivity index (χ0v) is 7.29. The van der Waals surface area contributed by atoms with Crippen molar-refractivity contribution in [2.24, 2.45) is 0 Å².